The Morgan fingerprint density at radius 1 is 1.23 bits per heavy atom. The van der Waals surface area contributed by atoms with Crippen LogP contribution < -0.4 is 17.0 Å². The van der Waals surface area contributed by atoms with Gasteiger partial charge in [0.2, 0.25) is 0 Å². The predicted octanol–water partition coefficient (Wildman–Crippen LogP) is 0.777. The Labute approximate surface area is 129 Å². The minimum absolute atomic E-state index is 0.125. The first kappa shape index (κ1) is 16.5. The fraction of sp³-hybridized carbons (Fsp3) is 0.667. The average Bonchev–Trinajstić information content (AvgIpc) is 2.74. The largest absolute Gasteiger partial charge is 0.332 e. The number of nitrogens with two attached hydrogens (primary N) is 1. The lowest BCUT2D eigenvalue weighted by atomic mass is 10.1. The standard InChI is InChI=1S/C15H25N5O2/c1-7-19-12-10(13(21)18(6)14(19)22)20(8-15(4,5)16)11(17-12)9(2)3/h9H,7-8,16H2,1-6H3. The van der Waals surface area contributed by atoms with E-state index in [1.165, 1.54) is 11.6 Å². The molecule has 0 aliphatic carbocycles. The summed E-state index contributed by atoms with van der Waals surface area (Å²) in [5.41, 5.74) is 5.89. The van der Waals surface area contributed by atoms with Crippen molar-refractivity contribution in [3.05, 3.63) is 26.7 Å². The van der Waals surface area contributed by atoms with E-state index in [0.717, 1.165) is 10.4 Å². The van der Waals surface area contributed by atoms with Gasteiger partial charge >= 0.3 is 5.69 Å². The summed E-state index contributed by atoms with van der Waals surface area (Å²) in [5.74, 6) is 0.901. The number of hydrogen-bond acceptors (Lipinski definition) is 4. The first-order valence-corrected chi connectivity index (χ1v) is 7.57. The predicted molar refractivity (Wildman–Crippen MR) is 87.3 cm³/mol. The van der Waals surface area contributed by atoms with E-state index in [-0.39, 0.29) is 17.2 Å². The molecule has 0 bridgehead atoms. The lowest BCUT2D eigenvalue weighted by Gasteiger charge is -2.22. The maximum atomic E-state index is 12.6. The lowest BCUT2D eigenvalue weighted by molar-refractivity contribution is 0.426. The summed E-state index contributed by atoms with van der Waals surface area (Å²) < 4.78 is 4.54. The van der Waals surface area contributed by atoms with E-state index < -0.39 is 5.54 Å². The fourth-order valence-electron chi connectivity index (χ4n) is 2.67. The zero-order chi connectivity index (χ0) is 16.8. The number of hydrogen-bond donors (Lipinski definition) is 1. The maximum Gasteiger partial charge on any atom is 0.332 e. The highest BCUT2D eigenvalue weighted by atomic mass is 16.2. The number of aromatic nitrogens is 4. The molecule has 2 N–H and O–H groups in total. The Balaban J connectivity index is 2.99. The lowest BCUT2D eigenvalue weighted by Crippen LogP contribution is -2.41. The second-order valence-electron chi connectivity index (χ2n) is 6.76. The summed E-state index contributed by atoms with van der Waals surface area (Å²) in [5, 5.41) is 0. The van der Waals surface area contributed by atoms with Gasteiger partial charge < -0.3 is 10.3 Å². The molecule has 2 aromatic rings. The van der Waals surface area contributed by atoms with Gasteiger partial charge in [0.25, 0.3) is 5.56 Å². The van der Waals surface area contributed by atoms with E-state index >= 15 is 0 Å². The Kier molecular flexibility index (Phi) is 4.04. The van der Waals surface area contributed by atoms with Gasteiger partial charge in [0.15, 0.2) is 11.2 Å². The van der Waals surface area contributed by atoms with E-state index in [0.29, 0.717) is 24.3 Å². The minimum atomic E-state index is -0.491. The summed E-state index contributed by atoms with van der Waals surface area (Å²) in [7, 11) is 1.50. The molecule has 7 heteroatoms. The molecule has 0 spiro atoms. The maximum absolute atomic E-state index is 12.6. The van der Waals surface area contributed by atoms with E-state index in [4.69, 9.17) is 5.73 Å². The van der Waals surface area contributed by atoms with Crippen molar-refractivity contribution in [2.24, 2.45) is 12.8 Å². The van der Waals surface area contributed by atoms with Crippen molar-refractivity contribution in [2.75, 3.05) is 0 Å². The zero-order valence-electron chi connectivity index (χ0n) is 14.2. The van der Waals surface area contributed by atoms with Crippen LogP contribution in [0.3, 0.4) is 0 Å². The van der Waals surface area contributed by atoms with Gasteiger partial charge in [-0.3, -0.25) is 13.9 Å². The van der Waals surface area contributed by atoms with Gasteiger partial charge in [-0.25, -0.2) is 9.78 Å². The third-order valence-corrected chi connectivity index (χ3v) is 3.66. The Morgan fingerprint density at radius 3 is 2.27 bits per heavy atom. The van der Waals surface area contributed by atoms with Crippen molar-refractivity contribution in [1.82, 2.24) is 18.7 Å². The quantitative estimate of drug-likeness (QED) is 0.904. The van der Waals surface area contributed by atoms with Crippen LogP contribution in [0.15, 0.2) is 9.59 Å². The van der Waals surface area contributed by atoms with Gasteiger partial charge in [-0.1, -0.05) is 13.8 Å². The third kappa shape index (κ3) is 2.61. The molecular weight excluding hydrogens is 282 g/mol. The van der Waals surface area contributed by atoms with Gasteiger partial charge in [0, 0.05) is 31.6 Å². The number of aryl methyl sites for hydroxylation is 1. The van der Waals surface area contributed by atoms with Gasteiger partial charge in [-0.15, -0.1) is 0 Å². The van der Waals surface area contributed by atoms with E-state index in [1.807, 2.05) is 39.2 Å². The van der Waals surface area contributed by atoms with Crippen molar-refractivity contribution >= 4 is 11.2 Å². The molecule has 0 aliphatic heterocycles. The molecular formula is C15H25N5O2. The monoisotopic (exact) mass is 307 g/mol. The molecule has 22 heavy (non-hydrogen) atoms. The fourth-order valence-corrected chi connectivity index (χ4v) is 2.67. The van der Waals surface area contributed by atoms with Crippen molar-refractivity contribution in [1.29, 1.82) is 0 Å². The molecule has 7 nitrogen and oxygen atoms in total. The van der Waals surface area contributed by atoms with Crippen LogP contribution in [-0.4, -0.2) is 24.2 Å². The van der Waals surface area contributed by atoms with Gasteiger partial charge in [-0.05, 0) is 20.8 Å². The van der Waals surface area contributed by atoms with Crippen LogP contribution >= 0.6 is 0 Å². The van der Waals surface area contributed by atoms with Crippen LogP contribution in [-0.2, 0) is 20.1 Å². The molecule has 0 aromatic carbocycles. The second-order valence-corrected chi connectivity index (χ2v) is 6.76. The molecule has 122 valence electrons. The van der Waals surface area contributed by atoms with Crippen LogP contribution in [0, 0.1) is 0 Å². The minimum Gasteiger partial charge on any atom is -0.324 e. The molecule has 0 amide bonds. The summed E-state index contributed by atoms with van der Waals surface area (Å²) in [6, 6.07) is 0. The van der Waals surface area contributed by atoms with Crippen molar-refractivity contribution in [3.8, 4) is 0 Å². The molecule has 0 fully saturated rings. The molecule has 0 atom stereocenters. The van der Waals surface area contributed by atoms with Crippen LogP contribution in [0.25, 0.3) is 11.2 Å². The molecule has 0 unspecified atom stereocenters. The van der Waals surface area contributed by atoms with Crippen molar-refractivity contribution in [2.45, 2.75) is 59.2 Å². The molecule has 2 heterocycles. The molecule has 0 radical (unpaired) electrons. The highest BCUT2D eigenvalue weighted by Gasteiger charge is 2.24. The first-order valence-electron chi connectivity index (χ1n) is 7.57. The van der Waals surface area contributed by atoms with E-state index in [1.54, 1.807) is 0 Å². The summed E-state index contributed by atoms with van der Waals surface area (Å²) in [6.07, 6.45) is 0. The van der Waals surface area contributed by atoms with Crippen LogP contribution in [0.1, 0.15) is 46.4 Å². The number of imidazole rings is 1. The van der Waals surface area contributed by atoms with Crippen LogP contribution in [0.5, 0.6) is 0 Å². The Bertz CT molecular complexity index is 818. The number of nitrogens with zero attached hydrogens (tertiary/aromatic N) is 4. The molecule has 2 aromatic heterocycles. The van der Waals surface area contributed by atoms with Gasteiger partial charge in [0.1, 0.15) is 5.82 Å². The number of rotatable bonds is 4. The normalized spacial score (nSPS) is 12.5. The first-order chi connectivity index (χ1) is 10.1. The summed E-state index contributed by atoms with van der Waals surface area (Å²) >= 11 is 0. The van der Waals surface area contributed by atoms with Crippen LogP contribution in [0.4, 0.5) is 0 Å². The topological polar surface area (TPSA) is 87.8 Å². The molecule has 2 rings (SSSR count). The Morgan fingerprint density at radius 2 is 1.82 bits per heavy atom. The van der Waals surface area contributed by atoms with Crippen molar-refractivity contribution in [3.63, 3.8) is 0 Å². The number of fused-ring (bicyclic) bond motifs is 1. The molecule has 0 saturated heterocycles. The SMILES string of the molecule is CCn1c(=O)n(C)c(=O)c2c1nc(C(C)C)n2CC(C)(C)N. The summed E-state index contributed by atoms with van der Waals surface area (Å²) in [6.45, 7) is 10.6. The van der Waals surface area contributed by atoms with E-state index in [9.17, 15) is 9.59 Å². The summed E-state index contributed by atoms with van der Waals surface area (Å²) in [4.78, 5) is 29.5. The van der Waals surface area contributed by atoms with Crippen LogP contribution in [0.2, 0.25) is 0 Å². The average molecular weight is 307 g/mol. The Hall–Kier alpha value is -1.89. The molecule has 0 aliphatic rings. The van der Waals surface area contributed by atoms with Gasteiger partial charge in [-0.2, -0.15) is 0 Å². The molecule has 0 saturated carbocycles. The highest BCUT2D eigenvalue weighted by Crippen LogP contribution is 2.21. The van der Waals surface area contributed by atoms with Crippen molar-refractivity contribution < 1.29 is 0 Å². The highest BCUT2D eigenvalue weighted by molar-refractivity contribution is 5.71. The second kappa shape index (κ2) is 5.39. The van der Waals surface area contributed by atoms with E-state index in [2.05, 4.69) is 4.98 Å². The van der Waals surface area contributed by atoms with Gasteiger partial charge in [0.05, 0.1) is 0 Å². The smallest absolute Gasteiger partial charge is 0.324 e. The zero-order valence-corrected chi connectivity index (χ0v) is 14.2. The third-order valence-electron chi connectivity index (χ3n) is 3.66.